The van der Waals surface area contributed by atoms with Crippen LogP contribution in [0, 0.1) is 34.9 Å². The molecule has 338 valence electrons. The second-order valence-electron chi connectivity index (χ2n) is 19.6. The molecule has 4 saturated heterocycles. The number of pyridine rings is 1. The lowest BCUT2D eigenvalue weighted by atomic mass is 9.86. The highest BCUT2D eigenvalue weighted by Crippen LogP contribution is 2.47. The maximum atomic E-state index is 17.9. The molecule has 2 aromatic carbocycles. The van der Waals surface area contributed by atoms with Crippen LogP contribution in [0.25, 0.3) is 32.9 Å². The van der Waals surface area contributed by atoms with E-state index in [1.165, 1.54) is 13.2 Å². The fourth-order valence-electron chi connectivity index (χ4n) is 12.0. The molecular weight excluding hydrogens is 819 g/mol. The number of methoxy groups -OCH3 is 1. The largest absolute Gasteiger partial charge is 0.468 e. The van der Waals surface area contributed by atoms with Crippen LogP contribution in [-0.4, -0.2) is 108 Å². The molecule has 1 N–H and O–H groups in total. The van der Waals surface area contributed by atoms with E-state index in [4.69, 9.17) is 29.2 Å². The highest BCUT2D eigenvalue weighted by Gasteiger charge is 2.52. The van der Waals surface area contributed by atoms with Crippen LogP contribution in [0.2, 0.25) is 16.6 Å². The molecule has 4 aromatic rings. The van der Waals surface area contributed by atoms with Gasteiger partial charge in [0.2, 0.25) is 0 Å². The molecular formula is C49H64F2N6O5Si. The number of ether oxygens (including phenoxy) is 3. The average Bonchev–Trinajstić information content (AvgIpc) is 3.87. The first kappa shape index (κ1) is 45.0. The van der Waals surface area contributed by atoms with Crippen molar-refractivity contribution < 1.29 is 32.9 Å². The Morgan fingerprint density at radius 1 is 0.937 bits per heavy atom. The summed E-state index contributed by atoms with van der Waals surface area (Å²) in [5.41, 5.74) is 4.96. The lowest BCUT2D eigenvalue weighted by Gasteiger charge is -2.40. The van der Waals surface area contributed by atoms with Gasteiger partial charge in [0.05, 0.1) is 28.6 Å². The van der Waals surface area contributed by atoms with Crippen LogP contribution in [0.15, 0.2) is 30.5 Å². The predicted molar refractivity (Wildman–Crippen MR) is 246 cm³/mol. The summed E-state index contributed by atoms with van der Waals surface area (Å²) in [6, 6.07) is 6.14. The van der Waals surface area contributed by atoms with Crippen LogP contribution >= 0.6 is 0 Å². The van der Waals surface area contributed by atoms with Gasteiger partial charge in [-0.15, -0.1) is 5.54 Å². The van der Waals surface area contributed by atoms with Crippen molar-refractivity contribution >= 4 is 41.7 Å². The van der Waals surface area contributed by atoms with Gasteiger partial charge in [-0.05, 0) is 77.7 Å². The number of benzene rings is 2. The minimum absolute atomic E-state index is 0.0179. The molecule has 4 atom stereocenters. The zero-order chi connectivity index (χ0) is 45.0. The second-order valence-corrected chi connectivity index (χ2v) is 25.1. The van der Waals surface area contributed by atoms with Crippen molar-refractivity contribution in [2.45, 2.75) is 128 Å². The van der Waals surface area contributed by atoms with Crippen molar-refractivity contribution in [3.63, 3.8) is 0 Å². The number of carbonyl (C=O) groups is 1. The van der Waals surface area contributed by atoms with Crippen LogP contribution in [-0.2, 0) is 4.74 Å². The fourth-order valence-corrected chi connectivity index (χ4v) is 17.2. The number of hydrogen-bond donors (Lipinski definition) is 1. The molecule has 0 radical (unpaired) electrons. The summed E-state index contributed by atoms with van der Waals surface area (Å²) in [6.07, 6.45) is 6.35. The number of rotatable bonds is 13. The summed E-state index contributed by atoms with van der Waals surface area (Å²) < 4.78 is 52.1. The van der Waals surface area contributed by atoms with E-state index >= 15 is 8.78 Å². The van der Waals surface area contributed by atoms with Gasteiger partial charge in [-0.2, -0.15) is 9.97 Å². The summed E-state index contributed by atoms with van der Waals surface area (Å²) >= 11 is 0. The highest BCUT2D eigenvalue weighted by molar-refractivity contribution is 6.90. The molecule has 4 fully saturated rings. The Bertz CT molecular complexity index is 2390. The number of fused-ring (bicyclic) bond motifs is 5. The third-order valence-corrected chi connectivity index (χ3v) is 21.4. The van der Waals surface area contributed by atoms with Crippen molar-refractivity contribution in [1.29, 1.82) is 0 Å². The summed E-state index contributed by atoms with van der Waals surface area (Å²) in [5, 5.41) is 11.5. The maximum absolute atomic E-state index is 17.9. The molecule has 8 rings (SSSR count). The molecule has 2 unspecified atom stereocenters. The molecule has 6 heterocycles. The zero-order valence-corrected chi connectivity index (χ0v) is 39.4. The van der Waals surface area contributed by atoms with Crippen LogP contribution in [0.4, 0.5) is 19.4 Å². The van der Waals surface area contributed by atoms with E-state index in [2.05, 4.69) is 71.8 Å². The number of amides is 1. The topological polar surface area (TPSA) is 113 Å². The first-order chi connectivity index (χ1) is 30.1. The molecule has 0 saturated carbocycles. The summed E-state index contributed by atoms with van der Waals surface area (Å²) in [6.45, 7) is 20.9. The van der Waals surface area contributed by atoms with Gasteiger partial charge in [0.1, 0.15) is 43.3 Å². The Kier molecular flexibility index (Phi) is 12.7. The van der Waals surface area contributed by atoms with Gasteiger partial charge < -0.3 is 24.2 Å². The molecule has 2 bridgehead atoms. The van der Waals surface area contributed by atoms with Crippen molar-refractivity contribution in [3.05, 3.63) is 47.7 Å². The minimum Gasteiger partial charge on any atom is -0.468 e. The summed E-state index contributed by atoms with van der Waals surface area (Å²) in [4.78, 5) is 33.1. The van der Waals surface area contributed by atoms with Gasteiger partial charge in [0.25, 0.3) is 0 Å². The zero-order valence-electron chi connectivity index (χ0n) is 38.4. The Morgan fingerprint density at radius 3 is 2.17 bits per heavy atom. The van der Waals surface area contributed by atoms with E-state index in [1.807, 2.05) is 4.90 Å². The Balaban J connectivity index is 1.30. The van der Waals surface area contributed by atoms with Gasteiger partial charge in [-0.25, -0.2) is 13.6 Å². The third-order valence-electron chi connectivity index (χ3n) is 15.1. The summed E-state index contributed by atoms with van der Waals surface area (Å²) in [5.74, 6) is 4.14. The van der Waals surface area contributed by atoms with E-state index in [1.54, 1.807) is 29.3 Å². The molecule has 63 heavy (non-hydrogen) atoms. The molecule has 14 heteroatoms. The first-order valence-corrected chi connectivity index (χ1v) is 25.3. The van der Waals surface area contributed by atoms with Crippen molar-refractivity contribution in [2.75, 3.05) is 51.6 Å². The van der Waals surface area contributed by atoms with Gasteiger partial charge in [-0.1, -0.05) is 80.2 Å². The number of halogens is 2. The lowest BCUT2D eigenvalue weighted by molar-refractivity contribution is 0.0512. The lowest BCUT2D eigenvalue weighted by Crippen LogP contribution is -2.55. The number of carboxylic acid groups (broad SMARTS) is 1. The monoisotopic (exact) mass is 882 g/mol. The van der Waals surface area contributed by atoms with Crippen LogP contribution in [0.1, 0.15) is 99.5 Å². The molecule has 11 nitrogen and oxygen atoms in total. The van der Waals surface area contributed by atoms with Gasteiger partial charge >= 0.3 is 12.1 Å². The van der Waals surface area contributed by atoms with E-state index in [-0.39, 0.29) is 47.2 Å². The SMILES string of the molecule is CCC1CN2CC(CC)CC2(COc2nc(N3C[C@H]4CC[C@@H](C3)N4C(=O)O)c3cnc(-c4cc(OCOC)cc5ccc(F)c(C#C[Si](C(C)C)(C(C)C)C(C)C)c45)c(F)c3n2)C1. The fraction of sp³-hybridized carbons (Fsp3) is 0.592. The molecule has 1 amide bonds. The van der Waals surface area contributed by atoms with Crippen molar-refractivity contribution in [3.8, 4) is 34.5 Å². The molecule has 0 spiro atoms. The smallest absolute Gasteiger partial charge is 0.407 e. The minimum atomic E-state index is -2.31. The molecule has 4 aliphatic rings. The number of anilines is 1. The number of aromatic nitrogens is 3. The normalized spacial score (nSPS) is 23.7. The highest BCUT2D eigenvalue weighted by atomic mass is 28.3. The predicted octanol–water partition coefficient (Wildman–Crippen LogP) is 10.3. The summed E-state index contributed by atoms with van der Waals surface area (Å²) in [7, 11) is -0.788. The van der Waals surface area contributed by atoms with E-state index in [0.29, 0.717) is 81.4 Å². The van der Waals surface area contributed by atoms with E-state index < -0.39 is 25.8 Å². The second kappa shape index (κ2) is 17.8. The van der Waals surface area contributed by atoms with Gasteiger partial charge in [0.15, 0.2) is 12.6 Å². The van der Waals surface area contributed by atoms with Crippen molar-refractivity contribution in [2.24, 2.45) is 11.8 Å². The third kappa shape index (κ3) is 8.00. The molecule has 4 aliphatic heterocycles. The van der Waals surface area contributed by atoms with E-state index in [0.717, 1.165) is 51.6 Å². The number of hydrogen-bond acceptors (Lipinski definition) is 9. The Morgan fingerprint density at radius 2 is 1.59 bits per heavy atom. The van der Waals surface area contributed by atoms with E-state index in [9.17, 15) is 9.90 Å². The standard InChI is InChI=1S/C49H64F2N6O5Si/c1-10-32-20-49(21-33(11-2)24-56(49)23-32)27-61-47-53-45-40(46(54-47)55-25-35-13-14-36(26-55)57(35)48(58)59)22-52-44(43(45)51)39-19-37(62-28-60-9)18-34-12-15-41(50)38(42(34)39)16-17-63(29(3)4,30(5)6)31(7)8/h12,15,18-19,22,29-33,35-36H,10-11,13-14,20-21,23-28H2,1-9H3,(H,58,59)/t32?,33?,35-,36+,49?. The van der Waals surface area contributed by atoms with Gasteiger partial charge in [-0.3, -0.25) is 14.8 Å². The van der Waals surface area contributed by atoms with Gasteiger partial charge in [0, 0.05) is 50.4 Å². The van der Waals surface area contributed by atoms with Crippen LogP contribution < -0.4 is 14.4 Å². The first-order valence-electron chi connectivity index (χ1n) is 23.1. The molecule has 2 aromatic heterocycles. The number of piperazine rings is 1. The maximum Gasteiger partial charge on any atom is 0.407 e. The number of nitrogens with zero attached hydrogens (tertiary/aromatic N) is 6. The van der Waals surface area contributed by atoms with Crippen molar-refractivity contribution in [1.82, 2.24) is 24.8 Å². The quantitative estimate of drug-likeness (QED) is 0.0791. The van der Waals surface area contributed by atoms with Crippen LogP contribution in [0.3, 0.4) is 0 Å². The van der Waals surface area contributed by atoms with Crippen LogP contribution in [0.5, 0.6) is 11.8 Å². The molecule has 0 aliphatic carbocycles. The average molecular weight is 883 g/mol. The Labute approximate surface area is 371 Å². The Hall–Kier alpha value is -4.58.